The molecule has 0 aromatic heterocycles. The van der Waals surface area contributed by atoms with Crippen LogP contribution in [0, 0.1) is 0 Å². The number of aliphatic hydroxyl groups excluding tert-OH is 1. The molecular formula is C5H8F4O2. The van der Waals surface area contributed by atoms with Gasteiger partial charge in [0, 0.05) is 0 Å². The van der Waals surface area contributed by atoms with Crippen molar-refractivity contribution in [1.29, 1.82) is 0 Å². The van der Waals surface area contributed by atoms with Gasteiger partial charge in [-0.25, -0.2) is 17.6 Å². The molecule has 0 amide bonds. The Morgan fingerprint density at radius 2 is 1.55 bits per heavy atom. The van der Waals surface area contributed by atoms with Crippen molar-refractivity contribution >= 4 is 0 Å². The first-order valence-electron chi connectivity index (χ1n) is 2.77. The smallest absolute Gasteiger partial charge is 0.303 e. The Bertz CT molecular complexity index is 129. The van der Waals surface area contributed by atoms with Crippen LogP contribution in [0.1, 0.15) is 13.3 Å². The van der Waals surface area contributed by atoms with Crippen molar-refractivity contribution < 1.29 is 27.8 Å². The van der Waals surface area contributed by atoms with Crippen LogP contribution in [0.4, 0.5) is 17.6 Å². The molecule has 0 aliphatic heterocycles. The molecule has 0 bridgehead atoms. The molecule has 0 fully saturated rings. The van der Waals surface area contributed by atoms with Gasteiger partial charge >= 0.3 is 5.92 Å². The van der Waals surface area contributed by atoms with Gasteiger partial charge in [-0.3, -0.25) is 0 Å². The van der Waals surface area contributed by atoms with Crippen molar-refractivity contribution in [3.05, 3.63) is 0 Å². The van der Waals surface area contributed by atoms with Crippen molar-refractivity contribution in [2.75, 3.05) is 0 Å². The van der Waals surface area contributed by atoms with E-state index < -0.39 is 24.6 Å². The molecule has 0 saturated heterocycles. The molecule has 0 aliphatic carbocycles. The molecule has 0 aromatic rings. The largest absolute Gasteiger partial charge is 0.363 e. The Morgan fingerprint density at radius 3 is 1.64 bits per heavy atom. The molecule has 0 unspecified atom stereocenters. The summed E-state index contributed by atoms with van der Waals surface area (Å²) in [5, 5.41) is 15.8. The van der Waals surface area contributed by atoms with Gasteiger partial charge in [0.25, 0.3) is 5.92 Å². The Kier molecular flexibility index (Phi) is 2.85. The average molecular weight is 176 g/mol. The van der Waals surface area contributed by atoms with Crippen LogP contribution in [0.2, 0.25) is 0 Å². The first-order chi connectivity index (χ1) is 4.65. The zero-order chi connectivity index (χ0) is 9.28. The third-order valence-corrected chi connectivity index (χ3v) is 0.924. The lowest BCUT2D eigenvalue weighted by Gasteiger charge is -2.21. The Balaban J connectivity index is 4.13. The van der Waals surface area contributed by atoms with E-state index in [2.05, 4.69) is 0 Å². The molecule has 68 valence electrons. The normalized spacial score (nSPS) is 14.2. The number of halogens is 4. The third kappa shape index (κ3) is 4.15. The lowest BCUT2D eigenvalue weighted by molar-refractivity contribution is -0.233. The summed E-state index contributed by atoms with van der Waals surface area (Å²) in [5.74, 6) is -7.76. The first kappa shape index (κ1) is 10.6. The monoisotopic (exact) mass is 176 g/mol. The minimum absolute atomic E-state index is 0.281. The molecule has 2 nitrogen and oxygen atoms in total. The molecule has 0 atom stereocenters. The summed E-state index contributed by atoms with van der Waals surface area (Å²) in [6, 6.07) is 0. The Hall–Kier alpha value is -0.360. The zero-order valence-electron chi connectivity index (χ0n) is 5.69. The van der Waals surface area contributed by atoms with Crippen LogP contribution in [0.15, 0.2) is 0 Å². The van der Waals surface area contributed by atoms with E-state index in [0.717, 1.165) is 0 Å². The Morgan fingerprint density at radius 1 is 1.18 bits per heavy atom. The second kappa shape index (κ2) is 2.94. The maximum absolute atomic E-state index is 12.1. The predicted molar refractivity (Wildman–Crippen MR) is 28.4 cm³/mol. The minimum atomic E-state index is -4.15. The van der Waals surface area contributed by atoms with Gasteiger partial charge in [-0.1, -0.05) is 0 Å². The minimum Gasteiger partial charge on any atom is -0.363 e. The van der Waals surface area contributed by atoms with E-state index in [0.29, 0.717) is 0 Å². The molecule has 2 N–H and O–H groups in total. The quantitative estimate of drug-likeness (QED) is 0.497. The summed E-state index contributed by atoms with van der Waals surface area (Å²) < 4.78 is 47.9. The first-order valence-corrected chi connectivity index (χ1v) is 2.77. The summed E-state index contributed by atoms with van der Waals surface area (Å²) in [7, 11) is 0. The molecule has 0 heterocycles. The summed E-state index contributed by atoms with van der Waals surface area (Å²) in [6.07, 6.45) is -4.90. The van der Waals surface area contributed by atoms with Gasteiger partial charge in [0.05, 0.1) is 6.42 Å². The molecule has 0 aromatic carbocycles. The van der Waals surface area contributed by atoms with Gasteiger partial charge in [0.2, 0.25) is 6.29 Å². The number of aliphatic hydroxyl groups is 2. The summed E-state index contributed by atoms with van der Waals surface area (Å²) >= 11 is 0. The fraction of sp³-hybridized carbons (Fsp3) is 1.00. The number of hydrogen-bond acceptors (Lipinski definition) is 2. The molecule has 0 aliphatic rings. The second-order valence-corrected chi connectivity index (χ2v) is 2.38. The highest BCUT2D eigenvalue weighted by atomic mass is 19.3. The van der Waals surface area contributed by atoms with E-state index in [1.54, 1.807) is 0 Å². The highest BCUT2D eigenvalue weighted by Gasteiger charge is 2.45. The molecule has 6 heteroatoms. The van der Waals surface area contributed by atoms with E-state index in [1.807, 2.05) is 0 Å². The van der Waals surface area contributed by atoms with Gasteiger partial charge in [-0.15, -0.1) is 0 Å². The maximum atomic E-state index is 12.1. The number of alkyl halides is 4. The van der Waals surface area contributed by atoms with Crippen molar-refractivity contribution in [2.24, 2.45) is 0 Å². The van der Waals surface area contributed by atoms with E-state index in [9.17, 15) is 17.6 Å². The lowest BCUT2D eigenvalue weighted by Crippen LogP contribution is -2.38. The van der Waals surface area contributed by atoms with Crippen LogP contribution in [-0.4, -0.2) is 28.3 Å². The Labute approximate surface area is 60.4 Å². The predicted octanol–water partition coefficient (Wildman–Crippen LogP) is 0.978. The SMILES string of the molecule is CC(F)(F)CC(F)(F)C(O)O. The van der Waals surface area contributed by atoms with Crippen molar-refractivity contribution in [3.8, 4) is 0 Å². The van der Waals surface area contributed by atoms with E-state index in [1.165, 1.54) is 0 Å². The van der Waals surface area contributed by atoms with Crippen LogP contribution in [0.25, 0.3) is 0 Å². The molecule has 0 saturated carbocycles. The van der Waals surface area contributed by atoms with Gasteiger partial charge in [-0.05, 0) is 6.92 Å². The fourth-order valence-electron chi connectivity index (χ4n) is 0.505. The van der Waals surface area contributed by atoms with Crippen molar-refractivity contribution in [2.45, 2.75) is 31.5 Å². The van der Waals surface area contributed by atoms with Crippen LogP contribution in [0.5, 0.6) is 0 Å². The van der Waals surface area contributed by atoms with Gasteiger partial charge in [-0.2, -0.15) is 0 Å². The van der Waals surface area contributed by atoms with Gasteiger partial charge in [0.1, 0.15) is 0 Å². The number of rotatable bonds is 3. The highest BCUT2D eigenvalue weighted by molar-refractivity contribution is 4.75. The summed E-state index contributed by atoms with van der Waals surface area (Å²) in [4.78, 5) is 0. The van der Waals surface area contributed by atoms with E-state index >= 15 is 0 Å². The standard InChI is InChI=1S/C5H8F4O2/c1-4(6,7)2-5(8,9)3(10)11/h3,10-11H,2H2,1H3. The molecule has 0 rings (SSSR count). The van der Waals surface area contributed by atoms with Gasteiger partial charge in [0.15, 0.2) is 0 Å². The van der Waals surface area contributed by atoms with Crippen LogP contribution >= 0.6 is 0 Å². The summed E-state index contributed by atoms with van der Waals surface area (Å²) in [5.41, 5.74) is 0. The second-order valence-electron chi connectivity index (χ2n) is 2.38. The fourth-order valence-corrected chi connectivity index (χ4v) is 0.505. The number of hydrogen-bond donors (Lipinski definition) is 2. The molecule has 11 heavy (non-hydrogen) atoms. The topological polar surface area (TPSA) is 40.5 Å². The summed E-state index contributed by atoms with van der Waals surface area (Å²) in [6.45, 7) is 0.281. The van der Waals surface area contributed by atoms with Crippen molar-refractivity contribution in [1.82, 2.24) is 0 Å². The van der Waals surface area contributed by atoms with E-state index in [-0.39, 0.29) is 6.92 Å². The zero-order valence-corrected chi connectivity index (χ0v) is 5.69. The average Bonchev–Trinajstić information content (AvgIpc) is 1.56. The maximum Gasteiger partial charge on any atom is 0.303 e. The van der Waals surface area contributed by atoms with Crippen molar-refractivity contribution in [3.63, 3.8) is 0 Å². The molecule has 0 radical (unpaired) electrons. The van der Waals surface area contributed by atoms with Crippen LogP contribution < -0.4 is 0 Å². The van der Waals surface area contributed by atoms with Crippen LogP contribution in [0.3, 0.4) is 0 Å². The third-order valence-electron chi connectivity index (χ3n) is 0.924. The molecular weight excluding hydrogens is 168 g/mol. The van der Waals surface area contributed by atoms with Crippen LogP contribution in [-0.2, 0) is 0 Å². The highest BCUT2D eigenvalue weighted by Crippen LogP contribution is 2.31. The lowest BCUT2D eigenvalue weighted by atomic mass is 10.1. The van der Waals surface area contributed by atoms with E-state index in [4.69, 9.17) is 10.2 Å². The molecule has 0 spiro atoms. The van der Waals surface area contributed by atoms with Gasteiger partial charge < -0.3 is 10.2 Å².